The first-order chi connectivity index (χ1) is 7.61. The normalized spacial score (nSPS) is 11.1. The Balaban J connectivity index is 2.45. The number of nitrogens with one attached hydrogen (secondary N) is 1. The molecule has 1 N–H and O–H groups in total. The molecule has 0 radical (unpaired) electrons. The van der Waals surface area contributed by atoms with Gasteiger partial charge in [-0.2, -0.15) is 0 Å². The number of hydrogen-bond acceptors (Lipinski definition) is 2. The number of rotatable bonds is 6. The maximum Gasteiger partial charge on any atom is 0.0424 e. The fraction of sp³-hybridized carbons (Fsp3) is 0.500. The van der Waals surface area contributed by atoms with Crippen molar-refractivity contribution >= 4 is 23.2 Å². The van der Waals surface area contributed by atoms with Crippen molar-refractivity contribution in [3.8, 4) is 0 Å². The summed E-state index contributed by atoms with van der Waals surface area (Å²) in [5.74, 6) is 0. The third-order valence-corrected chi connectivity index (χ3v) is 2.73. The highest BCUT2D eigenvalue weighted by Gasteiger charge is 2.02. The molecule has 0 fully saturated rings. The molecule has 0 bridgehead atoms. The highest BCUT2D eigenvalue weighted by atomic mass is 35.5. The van der Waals surface area contributed by atoms with E-state index in [-0.39, 0.29) is 0 Å². The molecule has 0 aromatic heterocycles. The summed E-state index contributed by atoms with van der Waals surface area (Å²) in [5, 5.41) is 4.69. The van der Waals surface area contributed by atoms with Crippen molar-refractivity contribution in [2.24, 2.45) is 0 Å². The van der Waals surface area contributed by atoms with Crippen molar-refractivity contribution in [1.82, 2.24) is 10.2 Å². The highest BCUT2D eigenvalue weighted by molar-refractivity contribution is 6.34. The van der Waals surface area contributed by atoms with E-state index >= 15 is 0 Å². The smallest absolute Gasteiger partial charge is 0.0424 e. The van der Waals surface area contributed by atoms with Gasteiger partial charge in [0.05, 0.1) is 0 Å². The van der Waals surface area contributed by atoms with Crippen LogP contribution in [0.4, 0.5) is 0 Å². The van der Waals surface area contributed by atoms with Crippen molar-refractivity contribution in [3.63, 3.8) is 0 Å². The lowest BCUT2D eigenvalue weighted by Gasteiger charge is -2.17. The van der Waals surface area contributed by atoms with Gasteiger partial charge in [-0.25, -0.2) is 0 Å². The lowest BCUT2D eigenvalue weighted by molar-refractivity contribution is 0.325. The number of nitrogens with zero attached hydrogens (tertiary/aromatic N) is 1. The second-order valence-corrected chi connectivity index (χ2v) is 4.74. The second-order valence-electron chi connectivity index (χ2n) is 3.87. The van der Waals surface area contributed by atoms with E-state index in [1.165, 1.54) is 0 Å². The zero-order valence-electron chi connectivity index (χ0n) is 9.76. The summed E-state index contributed by atoms with van der Waals surface area (Å²) < 4.78 is 0. The quantitative estimate of drug-likeness (QED) is 0.792. The number of halogens is 2. The van der Waals surface area contributed by atoms with Crippen LogP contribution in [0, 0.1) is 0 Å². The van der Waals surface area contributed by atoms with Gasteiger partial charge in [-0.15, -0.1) is 0 Å². The fourth-order valence-electron chi connectivity index (χ4n) is 1.54. The van der Waals surface area contributed by atoms with Gasteiger partial charge in [0.1, 0.15) is 0 Å². The van der Waals surface area contributed by atoms with E-state index in [0.29, 0.717) is 10.0 Å². The highest BCUT2D eigenvalue weighted by Crippen LogP contribution is 2.19. The minimum Gasteiger partial charge on any atom is -0.316 e. The molecule has 0 aliphatic carbocycles. The Morgan fingerprint density at radius 3 is 2.38 bits per heavy atom. The van der Waals surface area contributed by atoms with Crippen molar-refractivity contribution in [2.75, 3.05) is 26.7 Å². The largest absolute Gasteiger partial charge is 0.316 e. The number of hydrogen-bond donors (Lipinski definition) is 1. The minimum atomic E-state index is 0.697. The summed E-state index contributed by atoms with van der Waals surface area (Å²) in [5.41, 5.74) is 1.15. The zero-order chi connectivity index (χ0) is 12.0. The van der Waals surface area contributed by atoms with Crippen LogP contribution >= 0.6 is 23.2 Å². The summed E-state index contributed by atoms with van der Waals surface area (Å²) in [6, 6.07) is 5.67. The molecule has 1 aromatic carbocycles. The predicted molar refractivity (Wildman–Crippen MR) is 71.3 cm³/mol. The minimum absolute atomic E-state index is 0.697. The average Bonchev–Trinajstić information content (AvgIpc) is 2.16. The van der Waals surface area contributed by atoms with Gasteiger partial charge < -0.3 is 10.2 Å². The van der Waals surface area contributed by atoms with E-state index in [1.54, 1.807) is 6.07 Å². The lowest BCUT2D eigenvalue weighted by atomic mass is 10.2. The molecular weight excluding hydrogens is 243 g/mol. The van der Waals surface area contributed by atoms with E-state index < -0.39 is 0 Å². The number of likely N-dealkylation sites (N-methyl/N-ethyl adjacent to an activating group) is 2. The molecule has 0 aliphatic rings. The Kier molecular flexibility index (Phi) is 6.14. The van der Waals surface area contributed by atoms with Gasteiger partial charge in [-0.05, 0) is 37.4 Å². The molecule has 2 nitrogen and oxygen atoms in total. The molecule has 16 heavy (non-hydrogen) atoms. The Bertz CT molecular complexity index is 309. The van der Waals surface area contributed by atoms with Gasteiger partial charge in [-0.1, -0.05) is 30.1 Å². The van der Waals surface area contributed by atoms with Crippen molar-refractivity contribution < 1.29 is 0 Å². The van der Waals surface area contributed by atoms with Crippen LogP contribution in [0.1, 0.15) is 12.5 Å². The van der Waals surface area contributed by atoms with Crippen LogP contribution in [-0.4, -0.2) is 31.6 Å². The summed E-state index contributed by atoms with van der Waals surface area (Å²) in [7, 11) is 2.09. The summed E-state index contributed by atoms with van der Waals surface area (Å²) >= 11 is 11.9. The molecular formula is C12H18Cl2N2. The molecule has 0 unspecified atom stereocenters. The van der Waals surface area contributed by atoms with Gasteiger partial charge in [0.2, 0.25) is 0 Å². The molecule has 0 saturated carbocycles. The third-order valence-electron chi connectivity index (χ3n) is 2.30. The van der Waals surface area contributed by atoms with Crippen LogP contribution in [0.2, 0.25) is 10.0 Å². The van der Waals surface area contributed by atoms with E-state index in [4.69, 9.17) is 23.2 Å². The Morgan fingerprint density at radius 2 is 1.81 bits per heavy atom. The fourth-order valence-corrected chi connectivity index (χ4v) is 2.11. The standard InChI is InChI=1S/C12H18Cl2N2/c1-3-15-4-5-16(2)9-10-6-11(13)8-12(14)7-10/h6-8,15H,3-5,9H2,1-2H3. The predicted octanol–water partition coefficient (Wildman–Crippen LogP) is 3.03. The zero-order valence-corrected chi connectivity index (χ0v) is 11.3. The molecule has 0 spiro atoms. The maximum absolute atomic E-state index is 5.95. The second kappa shape index (κ2) is 7.13. The van der Waals surface area contributed by atoms with Crippen molar-refractivity contribution in [3.05, 3.63) is 33.8 Å². The topological polar surface area (TPSA) is 15.3 Å². The summed E-state index contributed by atoms with van der Waals surface area (Å²) in [6.07, 6.45) is 0. The van der Waals surface area contributed by atoms with E-state index in [1.807, 2.05) is 12.1 Å². The van der Waals surface area contributed by atoms with Gasteiger partial charge >= 0.3 is 0 Å². The van der Waals surface area contributed by atoms with Crippen LogP contribution < -0.4 is 5.32 Å². The van der Waals surface area contributed by atoms with E-state index in [2.05, 4.69) is 24.2 Å². The molecule has 1 aromatic rings. The van der Waals surface area contributed by atoms with Crippen molar-refractivity contribution in [1.29, 1.82) is 0 Å². The van der Waals surface area contributed by atoms with Crippen molar-refractivity contribution in [2.45, 2.75) is 13.5 Å². The average molecular weight is 261 g/mol. The third kappa shape index (κ3) is 5.17. The van der Waals surface area contributed by atoms with Crippen LogP contribution in [-0.2, 0) is 6.54 Å². The lowest BCUT2D eigenvalue weighted by Crippen LogP contribution is -2.28. The van der Waals surface area contributed by atoms with Crippen LogP contribution in [0.15, 0.2) is 18.2 Å². The van der Waals surface area contributed by atoms with Gasteiger partial charge in [-0.3, -0.25) is 0 Å². The molecule has 0 aliphatic heterocycles. The molecule has 90 valence electrons. The Labute approximate surface area is 108 Å². The number of benzene rings is 1. The van der Waals surface area contributed by atoms with Gasteiger partial charge in [0.25, 0.3) is 0 Å². The summed E-state index contributed by atoms with van der Waals surface area (Å²) in [4.78, 5) is 2.24. The first-order valence-electron chi connectivity index (χ1n) is 5.46. The van der Waals surface area contributed by atoms with Gasteiger partial charge in [0.15, 0.2) is 0 Å². The molecule has 4 heteroatoms. The molecule has 0 amide bonds. The first kappa shape index (κ1) is 13.8. The van der Waals surface area contributed by atoms with E-state index in [9.17, 15) is 0 Å². The summed E-state index contributed by atoms with van der Waals surface area (Å²) in [6.45, 7) is 6.00. The van der Waals surface area contributed by atoms with Crippen LogP contribution in [0.3, 0.4) is 0 Å². The molecule has 0 heterocycles. The van der Waals surface area contributed by atoms with E-state index in [0.717, 1.165) is 31.7 Å². The molecule has 0 atom stereocenters. The molecule has 1 rings (SSSR count). The van der Waals surface area contributed by atoms with Gasteiger partial charge in [0, 0.05) is 29.7 Å². The maximum atomic E-state index is 5.95. The molecule has 0 saturated heterocycles. The van der Waals surface area contributed by atoms with Crippen LogP contribution in [0.25, 0.3) is 0 Å². The Hall–Kier alpha value is -0.280. The Morgan fingerprint density at radius 1 is 1.19 bits per heavy atom. The SMILES string of the molecule is CCNCCN(C)Cc1cc(Cl)cc(Cl)c1. The first-order valence-corrected chi connectivity index (χ1v) is 6.21. The monoisotopic (exact) mass is 260 g/mol. The van der Waals surface area contributed by atoms with Crippen LogP contribution in [0.5, 0.6) is 0 Å².